The Morgan fingerprint density at radius 3 is 2.00 bits per heavy atom. The van der Waals surface area contributed by atoms with Crippen LogP contribution in [-0.2, 0) is 17.1 Å². The van der Waals surface area contributed by atoms with Crippen LogP contribution in [0.3, 0.4) is 0 Å². The molecular weight excluding hydrogens is 290 g/mol. The van der Waals surface area contributed by atoms with Gasteiger partial charge in [0.2, 0.25) is 0 Å². The molecule has 0 bridgehead atoms. The van der Waals surface area contributed by atoms with E-state index in [2.05, 4.69) is 4.74 Å². The van der Waals surface area contributed by atoms with Crippen molar-refractivity contribution in [3.63, 3.8) is 0 Å². The highest BCUT2D eigenvalue weighted by molar-refractivity contribution is 5.92. The lowest BCUT2D eigenvalue weighted by atomic mass is 10.00. The summed E-state index contributed by atoms with van der Waals surface area (Å²) in [4.78, 5) is 11.5. The minimum Gasteiger partial charge on any atom is -0.459 e. The molecule has 0 aliphatic carbocycles. The molecule has 0 aromatic heterocycles. The molecule has 0 spiro atoms. The second-order valence-electron chi connectivity index (χ2n) is 4.18. The van der Waals surface area contributed by atoms with E-state index in [0.717, 1.165) is 6.07 Å². The topological polar surface area (TPSA) is 26.3 Å². The Morgan fingerprint density at radius 1 is 1.05 bits per heavy atom. The summed E-state index contributed by atoms with van der Waals surface area (Å²) >= 11 is 0. The van der Waals surface area contributed by atoms with E-state index in [-0.39, 0.29) is 6.07 Å². The fraction of sp³-hybridized carbons (Fsp3) is 0.417. The van der Waals surface area contributed by atoms with E-state index in [1.807, 2.05) is 0 Å². The summed E-state index contributed by atoms with van der Waals surface area (Å²) in [7, 11) is 0. The summed E-state index contributed by atoms with van der Waals surface area (Å²) in [6.07, 6.45) is -11.3. The van der Waals surface area contributed by atoms with Gasteiger partial charge in [-0.05, 0) is 26.0 Å². The molecule has 1 aromatic carbocycles. The molecule has 0 saturated heterocycles. The first-order chi connectivity index (χ1) is 8.94. The van der Waals surface area contributed by atoms with Crippen molar-refractivity contribution < 1.29 is 35.9 Å². The number of carbonyl (C=O) groups excluding carboxylic acids is 1. The van der Waals surface area contributed by atoms with Crippen LogP contribution >= 0.6 is 0 Å². The maximum absolute atomic E-state index is 12.8. The zero-order valence-electron chi connectivity index (χ0n) is 10.4. The summed E-state index contributed by atoms with van der Waals surface area (Å²) in [5.74, 6) is -1.45. The highest BCUT2D eigenvalue weighted by Crippen LogP contribution is 2.42. The predicted molar refractivity (Wildman–Crippen MR) is 57.0 cm³/mol. The quantitative estimate of drug-likeness (QED) is 0.601. The number of hydrogen-bond acceptors (Lipinski definition) is 2. The number of hydrogen-bond donors (Lipinski definition) is 0. The largest absolute Gasteiger partial charge is 0.459 e. The van der Waals surface area contributed by atoms with Gasteiger partial charge in [-0.3, -0.25) is 0 Å². The van der Waals surface area contributed by atoms with Crippen LogP contribution < -0.4 is 0 Å². The summed E-state index contributed by atoms with van der Waals surface area (Å²) in [6, 6.07) is 1.66. The third-order valence-corrected chi connectivity index (χ3v) is 2.22. The summed E-state index contributed by atoms with van der Waals surface area (Å²) in [6.45, 7) is 2.75. The van der Waals surface area contributed by atoms with Crippen molar-refractivity contribution in [3.05, 3.63) is 34.9 Å². The van der Waals surface area contributed by atoms with E-state index in [0.29, 0.717) is 6.07 Å². The lowest BCUT2D eigenvalue weighted by Crippen LogP contribution is -2.23. The zero-order chi connectivity index (χ0) is 15.7. The second kappa shape index (κ2) is 5.34. The normalized spacial score (nSPS) is 12.7. The minimum atomic E-state index is -5.32. The SMILES string of the molecule is CC(C)OC(=O)c1cccc(C(F)(F)F)c1C(F)(F)F. The number of esters is 1. The van der Waals surface area contributed by atoms with Gasteiger partial charge in [-0.25, -0.2) is 4.79 Å². The van der Waals surface area contributed by atoms with E-state index in [4.69, 9.17) is 0 Å². The second-order valence-corrected chi connectivity index (χ2v) is 4.18. The Labute approximate surface area is 110 Å². The molecule has 0 heterocycles. The van der Waals surface area contributed by atoms with Gasteiger partial charge in [-0.15, -0.1) is 0 Å². The molecule has 0 amide bonds. The van der Waals surface area contributed by atoms with Crippen molar-refractivity contribution in [2.45, 2.75) is 32.3 Å². The number of carbonyl (C=O) groups is 1. The van der Waals surface area contributed by atoms with Crippen molar-refractivity contribution in [1.29, 1.82) is 0 Å². The Morgan fingerprint density at radius 2 is 1.60 bits per heavy atom. The first-order valence-electron chi connectivity index (χ1n) is 5.43. The fourth-order valence-corrected chi connectivity index (χ4v) is 1.54. The minimum absolute atomic E-state index is 0.273. The molecule has 0 aliphatic rings. The standard InChI is InChI=1S/C12H10F6O2/c1-6(2)20-10(19)7-4-3-5-8(11(13,14)15)9(7)12(16,17)18/h3-6H,1-2H3. The van der Waals surface area contributed by atoms with Crippen LogP contribution in [0.25, 0.3) is 0 Å². The zero-order valence-corrected chi connectivity index (χ0v) is 10.4. The van der Waals surface area contributed by atoms with Crippen molar-refractivity contribution in [2.24, 2.45) is 0 Å². The van der Waals surface area contributed by atoms with Gasteiger partial charge in [0.1, 0.15) is 0 Å². The van der Waals surface area contributed by atoms with Gasteiger partial charge >= 0.3 is 18.3 Å². The van der Waals surface area contributed by atoms with Gasteiger partial charge in [-0.1, -0.05) is 6.07 Å². The van der Waals surface area contributed by atoms with Crippen molar-refractivity contribution in [3.8, 4) is 0 Å². The first kappa shape index (κ1) is 16.3. The van der Waals surface area contributed by atoms with Crippen LogP contribution in [0.4, 0.5) is 26.3 Å². The van der Waals surface area contributed by atoms with Gasteiger partial charge < -0.3 is 4.74 Å². The number of halogens is 6. The highest BCUT2D eigenvalue weighted by Gasteiger charge is 2.46. The molecule has 112 valence electrons. The molecule has 0 saturated carbocycles. The molecule has 0 atom stereocenters. The molecule has 0 unspecified atom stereocenters. The summed E-state index contributed by atoms with van der Waals surface area (Å²) in [5.41, 5.74) is -5.10. The number of ether oxygens (including phenoxy) is 1. The Kier molecular flexibility index (Phi) is 4.36. The van der Waals surface area contributed by atoms with E-state index < -0.39 is 41.1 Å². The maximum Gasteiger partial charge on any atom is 0.417 e. The Bertz CT molecular complexity index is 502. The van der Waals surface area contributed by atoms with Crippen LogP contribution in [0, 0.1) is 0 Å². The van der Waals surface area contributed by atoms with Crippen LogP contribution in [0.2, 0.25) is 0 Å². The summed E-state index contributed by atoms with van der Waals surface area (Å²) in [5, 5.41) is 0. The number of rotatable bonds is 2. The van der Waals surface area contributed by atoms with Crippen LogP contribution in [0.5, 0.6) is 0 Å². The van der Waals surface area contributed by atoms with E-state index >= 15 is 0 Å². The molecular formula is C12H10F6O2. The van der Waals surface area contributed by atoms with Gasteiger partial charge in [0.15, 0.2) is 0 Å². The number of alkyl halides is 6. The Hall–Kier alpha value is -1.73. The van der Waals surface area contributed by atoms with E-state index in [1.54, 1.807) is 0 Å². The van der Waals surface area contributed by atoms with E-state index in [9.17, 15) is 31.1 Å². The Balaban J connectivity index is 3.50. The van der Waals surface area contributed by atoms with Crippen molar-refractivity contribution in [1.82, 2.24) is 0 Å². The predicted octanol–water partition coefficient (Wildman–Crippen LogP) is 4.29. The smallest absolute Gasteiger partial charge is 0.417 e. The molecule has 0 fully saturated rings. The fourth-order valence-electron chi connectivity index (χ4n) is 1.54. The summed E-state index contributed by atoms with van der Waals surface area (Å²) < 4.78 is 80.9. The van der Waals surface area contributed by atoms with E-state index in [1.165, 1.54) is 13.8 Å². The molecule has 0 aliphatic heterocycles. The molecule has 0 radical (unpaired) electrons. The van der Waals surface area contributed by atoms with Crippen LogP contribution in [0.1, 0.15) is 35.3 Å². The number of benzene rings is 1. The van der Waals surface area contributed by atoms with Gasteiger partial charge in [0, 0.05) is 0 Å². The molecule has 8 heteroatoms. The molecule has 1 aromatic rings. The maximum atomic E-state index is 12.8. The van der Waals surface area contributed by atoms with Crippen LogP contribution in [0.15, 0.2) is 18.2 Å². The average Bonchev–Trinajstić information content (AvgIpc) is 2.24. The lowest BCUT2D eigenvalue weighted by molar-refractivity contribution is -0.162. The van der Waals surface area contributed by atoms with Crippen molar-refractivity contribution in [2.75, 3.05) is 0 Å². The molecule has 1 rings (SSSR count). The third kappa shape index (κ3) is 3.64. The molecule has 2 nitrogen and oxygen atoms in total. The van der Waals surface area contributed by atoms with Gasteiger partial charge in [0.25, 0.3) is 0 Å². The monoisotopic (exact) mass is 300 g/mol. The third-order valence-electron chi connectivity index (χ3n) is 2.22. The average molecular weight is 300 g/mol. The van der Waals surface area contributed by atoms with Crippen LogP contribution in [-0.4, -0.2) is 12.1 Å². The molecule has 20 heavy (non-hydrogen) atoms. The molecule has 0 N–H and O–H groups in total. The first-order valence-corrected chi connectivity index (χ1v) is 5.43. The van der Waals surface area contributed by atoms with Gasteiger partial charge in [0.05, 0.1) is 22.8 Å². The van der Waals surface area contributed by atoms with Crippen molar-refractivity contribution >= 4 is 5.97 Å². The lowest BCUT2D eigenvalue weighted by Gasteiger charge is -2.19. The highest BCUT2D eigenvalue weighted by atomic mass is 19.4. The van der Waals surface area contributed by atoms with Gasteiger partial charge in [-0.2, -0.15) is 26.3 Å².